The van der Waals surface area contributed by atoms with Crippen molar-refractivity contribution in [3.8, 4) is 5.75 Å². The van der Waals surface area contributed by atoms with Gasteiger partial charge in [0.15, 0.2) is 5.78 Å². The molecular formula is C17H19Cl2NO2. The summed E-state index contributed by atoms with van der Waals surface area (Å²) in [5.74, 6) is 0.611. The van der Waals surface area contributed by atoms with Gasteiger partial charge >= 0.3 is 0 Å². The van der Waals surface area contributed by atoms with Gasteiger partial charge in [0.1, 0.15) is 12.4 Å². The summed E-state index contributed by atoms with van der Waals surface area (Å²) in [7, 11) is 0. The van der Waals surface area contributed by atoms with Crippen molar-refractivity contribution in [2.75, 3.05) is 5.88 Å². The Morgan fingerprint density at radius 1 is 1.05 bits per heavy atom. The quantitative estimate of drug-likeness (QED) is 0.787. The fourth-order valence-corrected chi connectivity index (χ4v) is 2.13. The minimum atomic E-state index is -0.543. The van der Waals surface area contributed by atoms with E-state index >= 15 is 0 Å². The molecule has 0 heterocycles. The molecule has 1 atom stereocenters. The van der Waals surface area contributed by atoms with Gasteiger partial charge in [-0.25, -0.2) is 0 Å². The maximum Gasteiger partial charge on any atom is 0.164 e. The fraction of sp³-hybridized carbons (Fsp3) is 0.235. The van der Waals surface area contributed by atoms with Crippen LogP contribution in [0, 0.1) is 0 Å². The molecule has 0 spiro atoms. The number of alkyl halides is 1. The molecule has 0 aliphatic rings. The Morgan fingerprint density at radius 2 is 1.68 bits per heavy atom. The summed E-state index contributed by atoms with van der Waals surface area (Å²) in [5, 5.41) is 0. The minimum absolute atomic E-state index is 0. The summed E-state index contributed by atoms with van der Waals surface area (Å²) in [4.78, 5) is 11.4. The molecule has 0 aromatic heterocycles. The van der Waals surface area contributed by atoms with Crippen molar-refractivity contribution in [3.05, 3.63) is 65.7 Å². The van der Waals surface area contributed by atoms with Gasteiger partial charge in [0.25, 0.3) is 0 Å². The van der Waals surface area contributed by atoms with Crippen molar-refractivity contribution in [1.29, 1.82) is 0 Å². The third-order valence-corrected chi connectivity index (χ3v) is 3.44. The molecule has 0 aliphatic heterocycles. The van der Waals surface area contributed by atoms with Crippen LogP contribution in [0.4, 0.5) is 0 Å². The minimum Gasteiger partial charge on any atom is -0.489 e. The Hall–Kier alpha value is -1.55. The Labute approximate surface area is 141 Å². The molecule has 2 aromatic carbocycles. The summed E-state index contributed by atoms with van der Waals surface area (Å²) < 4.78 is 5.70. The second-order valence-corrected chi connectivity index (χ2v) is 5.10. The number of hydrogen-bond donors (Lipinski definition) is 1. The Balaban J connectivity index is 0.00000242. The highest BCUT2D eigenvalue weighted by atomic mass is 35.5. The number of ether oxygens (including phenoxy) is 1. The number of Topliss-reactive ketones (excluding diaryl/α,β-unsaturated/α-hetero) is 1. The number of hydrogen-bond acceptors (Lipinski definition) is 3. The van der Waals surface area contributed by atoms with Crippen molar-refractivity contribution in [3.63, 3.8) is 0 Å². The summed E-state index contributed by atoms with van der Waals surface area (Å²) in [6, 6.07) is 17.0. The highest BCUT2D eigenvalue weighted by Gasteiger charge is 2.12. The number of carbonyl (C=O) groups is 1. The number of carbonyl (C=O) groups excluding carboxylic acids is 1. The monoisotopic (exact) mass is 339 g/mol. The normalized spacial score (nSPS) is 11.4. The Morgan fingerprint density at radius 3 is 2.27 bits per heavy atom. The molecule has 0 radical (unpaired) electrons. The molecule has 0 amide bonds. The zero-order valence-electron chi connectivity index (χ0n) is 12.1. The van der Waals surface area contributed by atoms with Crippen LogP contribution in [-0.2, 0) is 17.8 Å². The third-order valence-electron chi connectivity index (χ3n) is 3.17. The molecule has 2 aromatic rings. The van der Waals surface area contributed by atoms with Crippen molar-refractivity contribution in [2.45, 2.75) is 19.1 Å². The average Bonchev–Trinajstić information content (AvgIpc) is 2.54. The molecule has 3 nitrogen and oxygen atoms in total. The number of nitrogens with two attached hydrogens (primary N) is 1. The maximum atomic E-state index is 11.4. The van der Waals surface area contributed by atoms with E-state index < -0.39 is 6.04 Å². The number of rotatable bonds is 7. The van der Waals surface area contributed by atoms with Crippen LogP contribution < -0.4 is 10.5 Å². The second kappa shape index (κ2) is 9.46. The molecule has 5 heteroatoms. The van der Waals surface area contributed by atoms with Gasteiger partial charge < -0.3 is 10.5 Å². The van der Waals surface area contributed by atoms with Crippen molar-refractivity contribution in [1.82, 2.24) is 0 Å². The predicted octanol–water partition coefficient (Wildman–Crippen LogP) is 3.37. The van der Waals surface area contributed by atoms with Gasteiger partial charge in [-0.15, -0.1) is 24.0 Å². The Kier molecular flexibility index (Phi) is 7.96. The SMILES string of the molecule is Cl.NC(Cc1ccc(OCc2ccccc2)cc1)C(=O)CCl. The van der Waals surface area contributed by atoms with E-state index in [2.05, 4.69) is 0 Å². The van der Waals surface area contributed by atoms with Crippen LogP contribution in [0.15, 0.2) is 54.6 Å². The van der Waals surface area contributed by atoms with Gasteiger partial charge in [0, 0.05) is 0 Å². The van der Waals surface area contributed by atoms with Crippen LogP contribution in [0.3, 0.4) is 0 Å². The number of benzene rings is 2. The molecule has 2 N–H and O–H groups in total. The third kappa shape index (κ3) is 5.68. The van der Waals surface area contributed by atoms with E-state index in [4.69, 9.17) is 22.1 Å². The van der Waals surface area contributed by atoms with Crippen LogP contribution in [0.25, 0.3) is 0 Å². The van der Waals surface area contributed by atoms with Crippen LogP contribution in [0.2, 0.25) is 0 Å². The number of ketones is 1. The summed E-state index contributed by atoms with van der Waals surface area (Å²) >= 11 is 5.49. The van der Waals surface area contributed by atoms with Crippen LogP contribution in [0.1, 0.15) is 11.1 Å². The summed E-state index contributed by atoms with van der Waals surface area (Å²) in [6.07, 6.45) is 0.491. The van der Waals surface area contributed by atoms with Gasteiger partial charge in [-0.2, -0.15) is 0 Å². The van der Waals surface area contributed by atoms with E-state index in [1.54, 1.807) is 0 Å². The van der Waals surface area contributed by atoms with E-state index in [1.807, 2.05) is 54.6 Å². The lowest BCUT2D eigenvalue weighted by Crippen LogP contribution is -2.33. The smallest absolute Gasteiger partial charge is 0.164 e. The second-order valence-electron chi connectivity index (χ2n) is 4.83. The molecule has 0 aliphatic carbocycles. The van der Waals surface area contributed by atoms with Gasteiger partial charge in [-0.3, -0.25) is 4.79 Å². The molecule has 0 fully saturated rings. The zero-order valence-corrected chi connectivity index (χ0v) is 13.6. The lowest BCUT2D eigenvalue weighted by molar-refractivity contribution is -0.117. The average molecular weight is 340 g/mol. The summed E-state index contributed by atoms with van der Waals surface area (Å²) in [5.41, 5.74) is 7.88. The van der Waals surface area contributed by atoms with Gasteiger partial charge in [-0.1, -0.05) is 42.5 Å². The molecule has 0 saturated heterocycles. The maximum absolute atomic E-state index is 11.4. The van der Waals surface area contributed by atoms with Crippen LogP contribution in [0.5, 0.6) is 5.75 Å². The lowest BCUT2D eigenvalue weighted by atomic mass is 10.0. The number of halogens is 2. The molecule has 1 unspecified atom stereocenters. The van der Waals surface area contributed by atoms with E-state index in [0.717, 1.165) is 16.9 Å². The zero-order chi connectivity index (χ0) is 15.1. The molecule has 2 rings (SSSR count). The molecule has 0 saturated carbocycles. The molecule has 0 bridgehead atoms. The van der Waals surface area contributed by atoms with E-state index in [-0.39, 0.29) is 24.1 Å². The van der Waals surface area contributed by atoms with Gasteiger partial charge in [-0.05, 0) is 29.7 Å². The molecular weight excluding hydrogens is 321 g/mol. The van der Waals surface area contributed by atoms with E-state index in [0.29, 0.717) is 13.0 Å². The van der Waals surface area contributed by atoms with Crippen molar-refractivity contribution < 1.29 is 9.53 Å². The summed E-state index contributed by atoms with van der Waals surface area (Å²) in [6.45, 7) is 0.532. The lowest BCUT2D eigenvalue weighted by Gasteiger charge is -2.10. The van der Waals surface area contributed by atoms with Gasteiger partial charge in [0.05, 0.1) is 11.9 Å². The largest absolute Gasteiger partial charge is 0.489 e. The molecule has 22 heavy (non-hydrogen) atoms. The fourth-order valence-electron chi connectivity index (χ4n) is 1.93. The van der Waals surface area contributed by atoms with Crippen LogP contribution >= 0.6 is 24.0 Å². The Bertz CT molecular complexity index is 573. The van der Waals surface area contributed by atoms with Crippen molar-refractivity contribution >= 4 is 29.8 Å². The predicted molar refractivity (Wildman–Crippen MR) is 91.9 cm³/mol. The first-order valence-corrected chi connectivity index (χ1v) is 7.32. The van der Waals surface area contributed by atoms with Crippen molar-refractivity contribution in [2.24, 2.45) is 5.73 Å². The molecule has 118 valence electrons. The van der Waals surface area contributed by atoms with Crippen LogP contribution in [-0.4, -0.2) is 17.7 Å². The first-order valence-electron chi connectivity index (χ1n) is 6.79. The topological polar surface area (TPSA) is 52.3 Å². The van der Waals surface area contributed by atoms with E-state index in [1.165, 1.54) is 0 Å². The first-order chi connectivity index (χ1) is 10.2. The van der Waals surface area contributed by atoms with Gasteiger partial charge in [0.2, 0.25) is 0 Å². The highest BCUT2D eigenvalue weighted by molar-refractivity contribution is 6.28. The highest BCUT2D eigenvalue weighted by Crippen LogP contribution is 2.15. The standard InChI is InChI=1S/C17H18ClNO2.ClH/c18-11-17(20)16(19)10-13-6-8-15(9-7-13)21-12-14-4-2-1-3-5-14;/h1-9,16H,10-12,19H2;1H. The first kappa shape index (κ1) is 18.5. The van der Waals surface area contributed by atoms with E-state index in [9.17, 15) is 4.79 Å².